The smallest absolute Gasteiger partial charge is 0.161 e. The van der Waals surface area contributed by atoms with Crippen molar-refractivity contribution in [2.75, 3.05) is 25.2 Å². The Kier molecular flexibility index (Phi) is 6.90. The summed E-state index contributed by atoms with van der Waals surface area (Å²) in [5, 5.41) is 3.75. The Balaban J connectivity index is 2.00. The van der Waals surface area contributed by atoms with Crippen LogP contribution in [0.3, 0.4) is 0 Å². The van der Waals surface area contributed by atoms with E-state index in [1.807, 2.05) is 6.07 Å². The molecule has 1 fully saturated rings. The third kappa shape index (κ3) is 5.10. The van der Waals surface area contributed by atoms with Crippen LogP contribution < -0.4 is 14.8 Å². The highest BCUT2D eigenvalue weighted by molar-refractivity contribution is 7.99. The van der Waals surface area contributed by atoms with Gasteiger partial charge in [0.05, 0.1) is 13.7 Å². The Morgan fingerprint density at radius 2 is 1.91 bits per heavy atom. The monoisotopic (exact) mass is 323 g/mol. The summed E-state index contributed by atoms with van der Waals surface area (Å²) < 4.78 is 11.3. The first-order valence-electron chi connectivity index (χ1n) is 8.24. The van der Waals surface area contributed by atoms with Gasteiger partial charge in [0.25, 0.3) is 0 Å². The summed E-state index contributed by atoms with van der Waals surface area (Å²) in [5.41, 5.74) is 1.26. The maximum atomic E-state index is 5.83. The maximum absolute atomic E-state index is 5.83. The summed E-state index contributed by atoms with van der Waals surface area (Å²) in [5.74, 6) is 4.71. The van der Waals surface area contributed by atoms with E-state index in [9.17, 15) is 0 Å². The summed E-state index contributed by atoms with van der Waals surface area (Å²) >= 11 is 2.06. The SMILES string of the molecule is COc1cc(C(C)NC2CCSCC2)ccc1OCC(C)C. The minimum atomic E-state index is 0.334. The lowest BCUT2D eigenvalue weighted by Crippen LogP contribution is -2.34. The molecule has 1 aliphatic heterocycles. The van der Waals surface area contributed by atoms with Gasteiger partial charge in [0.2, 0.25) is 0 Å². The molecule has 124 valence electrons. The van der Waals surface area contributed by atoms with Crippen LogP contribution in [0.5, 0.6) is 11.5 Å². The van der Waals surface area contributed by atoms with Crippen molar-refractivity contribution in [2.45, 2.75) is 45.7 Å². The van der Waals surface area contributed by atoms with Crippen molar-refractivity contribution >= 4 is 11.8 Å². The Hall–Kier alpha value is -0.870. The van der Waals surface area contributed by atoms with Gasteiger partial charge in [-0.25, -0.2) is 0 Å². The molecule has 1 heterocycles. The van der Waals surface area contributed by atoms with Gasteiger partial charge < -0.3 is 14.8 Å². The lowest BCUT2D eigenvalue weighted by atomic mass is 10.0. The third-order valence-corrected chi connectivity index (χ3v) is 5.02. The number of thioether (sulfide) groups is 1. The summed E-state index contributed by atoms with van der Waals surface area (Å²) in [4.78, 5) is 0. The van der Waals surface area contributed by atoms with Gasteiger partial charge in [-0.1, -0.05) is 19.9 Å². The van der Waals surface area contributed by atoms with Gasteiger partial charge in [0, 0.05) is 12.1 Å². The van der Waals surface area contributed by atoms with E-state index < -0.39 is 0 Å². The number of hydrogen-bond acceptors (Lipinski definition) is 4. The van der Waals surface area contributed by atoms with Crippen LogP contribution in [0.4, 0.5) is 0 Å². The second-order valence-electron chi connectivity index (χ2n) is 6.39. The number of rotatable bonds is 7. The molecule has 1 aliphatic rings. The van der Waals surface area contributed by atoms with Crippen LogP contribution in [0.25, 0.3) is 0 Å². The molecule has 1 saturated heterocycles. The lowest BCUT2D eigenvalue weighted by molar-refractivity contribution is 0.256. The quantitative estimate of drug-likeness (QED) is 0.811. The molecular formula is C18H29NO2S. The first-order chi connectivity index (χ1) is 10.6. The molecule has 1 N–H and O–H groups in total. The molecule has 0 saturated carbocycles. The predicted molar refractivity (Wildman–Crippen MR) is 95.2 cm³/mol. The summed E-state index contributed by atoms with van der Waals surface area (Å²) in [6.45, 7) is 7.24. The molecule has 1 aromatic rings. The normalized spacial score (nSPS) is 17.5. The van der Waals surface area contributed by atoms with E-state index in [0.29, 0.717) is 24.6 Å². The van der Waals surface area contributed by atoms with E-state index in [1.165, 1.54) is 29.9 Å². The van der Waals surface area contributed by atoms with E-state index in [2.05, 4.69) is 50.0 Å². The first-order valence-corrected chi connectivity index (χ1v) is 9.40. The fourth-order valence-corrected chi connectivity index (χ4v) is 3.75. The number of ether oxygens (including phenoxy) is 2. The van der Waals surface area contributed by atoms with Gasteiger partial charge in [-0.3, -0.25) is 0 Å². The van der Waals surface area contributed by atoms with Crippen molar-refractivity contribution in [2.24, 2.45) is 5.92 Å². The highest BCUT2D eigenvalue weighted by atomic mass is 32.2. The van der Waals surface area contributed by atoms with Crippen molar-refractivity contribution in [3.63, 3.8) is 0 Å². The Labute approximate surface area is 139 Å². The molecule has 4 heteroatoms. The summed E-state index contributed by atoms with van der Waals surface area (Å²) in [7, 11) is 1.71. The minimum absolute atomic E-state index is 0.334. The van der Waals surface area contributed by atoms with Crippen molar-refractivity contribution in [3.8, 4) is 11.5 Å². The third-order valence-electron chi connectivity index (χ3n) is 3.97. The van der Waals surface area contributed by atoms with Gasteiger partial charge in [-0.2, -0.15) is 11.8 Å². The fraction of sp³-hybridized carbons (Fsp3) is 0.667. The van der Waals surface area contributed by atoms with Crippen LogP contribution in [-0.4, -0.2) is 31.3 Å². The van der Waals surface area contributed by atoms with Gasteiger partial charge in [-0.15, -0.1) is 0 Å². The molecule has 1 unspecified atom stereocenters. The molecule has 0 spiro atoms. The van der Waals surface area contributed by atoms with Crippen molar-refractivity contribution < 1.29 is 9.47 Å². The van der Waals surface area contributed by atoms with Crippen LogP contribution in [-0.2, 0) is 0 Å². The second kappa shape index (κ2) is 8.68. The largest absolute Gasteiger partial charge is 0.493 e. The number of benzene rings is 1. The number of methoxy groups -OCH3 is 1. The molecule has 3 nitrogen and oxygen atoms in total. The molecule has 1 atom stereocenters. The molecule has 0 bridgehead atoms. The lowest BCUT2D eigenvalue weighted by Gasteiger charge is -2.27. The topological polar surface area (TPSA) is 30.5 Å². The van der Waals surface area contributed by atoms with Crippen LogP contribution in [0.1, 0.15) is 45.2 Å². The van der Waals surface area contributed by atoms with Crippen LogP contribution in [0, 0.1) is 5.92 Å². The van der Waals surface area contributed by atoms with E-state index in [1.54, 1.807) is 7.11 Å². The van der Waals surface area contributed by atoms with E-state index in [-0.39, 0.29) is 0 Å². The van der Waals surface area contributed by atoms with Gasteiger partial charge >= 0.3 is 0 Å². The molecular weight excluding hydrogens is 294 g/mol. The summed E-state index contributed by atoms with van der Waals surface area (Å²) in [6, 6.07) is 7.25. The van der Waals surface area contributed by atoms with Gasteiger partial charge in [0.1, 0.15) is 0 Å². The predicted octanol–water partition coefficient (Wildman–Crippen LogP) is 4.28. The van der Waals surface area contributed by atoms with Crippen LogP contribution >= 0.6 is 11.8 Å². The average Bonchev–Trinajstić information content (AvgIpc) is 2.53. The zero-order valence-corrected chi connectivity index (χ0v) is 15.0. The van der Waals surface area contributed by atoms with E-state index >= 15 is 0 Å². The molecule has 2 rings (SSSR count). The molecule has 0 amide bonds. The first kappa shape index (κ1) is 17.5. The zero-order chi connectivity index (χ0) is 15.9. The Morgan fingerprint density at radius 3 is 2.55 bits per heavy atom. The highest BCUT2D eigenvalue weighted by Gasteiger charge is 2.17. The molecule has 0 radical (unpaired) electrons. The average molecular weight is 324 g/mol. The second-order valence-corrected chi connectivity index (χ2v) is 7.61. The molecule has 0 aliphatic carbocycles. The Bertz CT molecular complexity index is 458. The minimum Gasteiger partial charge on any atom is -0.493 e. The Morgan fingerprint density at radius 1 is 1.18 bits per heavy atom. The van der Waals surface area contributed by atoms with Gasteiger partial charge in [-0.05, 0) is 54.9 Å². The van der Waals surface area contributed by atoms with Crippen molar-refractivity contribution in [1.29, 1.82) is 0 Å². The summed E-state index contributed by atoms with van der Waals surface area (Å²) in [6.07, 6.45) is 2.53. The number of nitrogens with one attached hydrogen (secondary N) is 1. The zero-order valence-electron chi connectivity index (χ0n) is 14.2. The molecule has 1 aromatic carbocycles. The highest BCUT2D eigenvalue weighted by Crippen LogP contribution is 2.31. The molecule has 22 heavy (non-hydrogen) atoms. The van der Waals surface area contributed by atoms with Gasteiger partial charge in [0.15, 0.2) is 11.5 Å². The van der Waals surface area contributed by atoms with E-state index in [4.69, 9.17) is 9.47 Å². The van der Waals surface area contributed by atoms with Crippen LogP contribution in [0.2, 0.25) is 0 Å². The van der Waals surface area contributed by atoms with Crippen molar-refractivity contribution in [1.82, 2.24) is 5.32 Å². The maximum Gasteiger partial charge on any atom is 0.161 e. The number of hydrogen-bond donors (Lipinski definition) is 1. The van der Waals surface area contributed by atoms with E-state index in [0.717, 1.165) is 11.5 Å². The fourth-order valence-electron chi connectivity index (χ4n) is 2.64. The molecule has 0 aromatic heterocycles. The van der Waals surface area contributed by atoms with Crippen molar-refractivity contribution in [3.05, 3.63) is 23.8 Å². The van der Waals surface area contributed by atoms with Crippen LogP contribution in [0.15, 0.2) is 18.2 Å². The standard InChI is InChI=1S/C18H29NO2S/c1-13(2)12-21-17-6-5-15(11-18(17)20-4)14(3)19-16-7-9-22-10-8-16/h5-6,11,13-14,16,19H,7-10,12H2,1-4H3.